The third-order valence-electron chi connectivity index (χ3n) is 8.17. The molecule has 3 aliphatic rings. The van der Waals surface area contributed by atoms with Gasteiger partial charge in [0.25, 0.3) is 0 Å². The van der Waals surface area contributed by atoms with Gasteiger partial charge in [-0.2, -0.15) is 0 Å². The molecule has 3 saturated heterocycles. The molecule has 1 aromatic carbocycles. The van der Waals surface area contributed by atoms with E-state index in [2.05, 4.69) is 29.4 Å². The van der Waals surface area contributed by atoms with Crippen LogP contribution in [0.15, 0.2) is 24.3 Å². The van der Waals surface area contributed by atoms with E-state index in [0.717, 1.165) is 57.3 Å². The second kappa shape index (κ2) is 11.4. The number of hydrogen-bond acceptors (Lipinski definition) is 6. The number of aliphatic hydroxyl groups is 1. The SMILES string of the molecule is CCN(CC)c1ccc(NC(=O)C2N(CCCCCCO)C(=O)[C@@H]3[C@H](C(=O)NC)[C@@H]4CCC23S4)cc1. The average Bonchev–Trinajstić information content (AvgIpc) is 3.52. The number of anilines is 2. The number of carbonyl (C=O) groups is 3. The summed E-state index contributed by atoms with van der Waals surface area (Å²) in [5.41, 5.74) is 1.82. The number of likely N-dealkylation sites (tertiary alicyclic amines) is 1. The molecule has 9 heteroatoms. The van der Waals surface area contributed by atoms with Crippen LogP contribution in [0.4, 0.5) is 11.4 Å². The van der Waals surface area contributed by atoms with Gasteiger partial charge < -0.3 is 25.5 Å². The van der Waals surface area contributed by atoms with E-state index in [1.165, 1.54) is 0 Å². The summed E-state index contributed by atoms with van der Waals surface area (Å²) in [5.74, 6) is -1.16. The van der Waals surface area contributed by atoms with Crippen LogP contribution in [0.3, 0.4) is 0 Å². The fraction of sp³-hybridized carbons (Fsp3) is 0.667. The maximum absolute atomic E-state index is 13.8. The number of nitrogens with zero attached hydrogens (tertiary/aromatic N) is 2. The van der Waals surface area contributed by atoms with Crippen LogP contribution in [0, 0.1) is 11.8 Å². The maximum atomic E-state index is 13.8. The van der Waals surface area contributed by atoms with E-state index in [-0.39, 0.29) is 35.5 Å². The lowest BCUT2D eigenvalue weighted by Crippen LogP contribution is -2.51. The molecule has 0 aromatic heterocycles. The lowest BCUT2D eigenvalue weighted by atomic mass is 9.71. The highest BCUT2D eigenvalue weighted by Gasteiger charge is 2.73. The Hall–Kier alpha value is -2.26. The number of thioether (sulfide) groups is 1. The van der Waals surface area contributed by atoms with Gasteiger partial charge in [0, 0.05) is 49.9 Å². The van der Waals surface area contributed by atoms with Crippen molar-refractivity contribution >= 4 is 40.9 Å². The molecule has 3 aliphatic heterocycles. The summed E-state index contributed by atoms with van der Waals surface area (Å²) in [7, 11) is 1.62. The topological polar surface area (TPSA) is 102 Å². The van der Waals surface area contributed by atoms with Crippen molar-refractivity contribution in [3.05, 3.63) is 24.3 Å². The smallest absolute Gasteiger partial charge is 0.248 e. The van der Waals surface area contributed by atoms with E-state index in [1.54, 1.807) is 23.7 Å². The van der Waals surface area contributed by atoms with Crippen molar-refractivity contribution in [3.63, 3.8) is 0 Å². The minimum atomic E-state index is -0.597. The van der Waals surface area contributed by atoms with E-state index in [0.29, 0.717) is 12.2 Å². The van der Waals surface area contributed by atoms with Crippen LogP contribution in [-0.2, 0) is 14.4 Å². The van der Waals surface area contributed by atoms with E-state index < -0.39 is 16.7 Å². The van der Waals surface area contributed by atoms with Gasteiger partial charge in [-0.05, 0) is 63.8 Å². The predicted molar refractivity (Wildman–Crippen MR) is 144 cm³/mol. The first kappa shape index (κ1) is 26.8. The highest BCUT2D eigenvalue weighted by atomic mass is 32.2. The molecule has 0 radical (unpaired) electrons. The molecule has 3 amide bonds. The predicted octanol–water partition coefficient (Wildman–Crippen LogP) is 2.86. The molecule has 3 fully saturated rings. The molecule has 3 heterocycles. The lowest BCUT2D eigenvalue weighted by molar-refractivity contribution is -0.139. The third-order valence-corrected chi connectivity index (χ3v) is 10.1. The first-order valence-electron chi connectivity index (χ1n) is 13.4. The van der Waals surface area contributed by atoms with Crippen LogP contribution in [0.25, 0.3) is 0 Å². The number of rotatable bonds is 12. The second-order valence-electron chi connectivity index (χ2n) is 10.0. The number of hydrogen-bond donors (Lipinski definition) is 3. The summed E-state index contributed by atoms with van der Waals surface area (Å²) in [6, 6.07) is 7.27. The van der Waals surface area contributed by atoms with Gasteiger partial charge in [-0.3, -0.25) is 14.4 Å². The minimum Gasteiger partial charge on any atom is -0.396 e. The summed E-state index contributed by atoms with van der Waals surface area (Å²) in [6.07, 6.45) is 4.91. The molecular weight excluding hydrogens is 476 g/mol. The zero-order valence-electron chi connectivity index (χ0n) is 21.7. The summed E-state index contributed by atoms with van der Waals surface area (Å²) >= 11 is 1.69. The Morgan fingerprint density at radius 1 is 1.11 bits per heavy atom. The monoisotopic (exact) mass is 516 g/mol. The van der Waals surface area contributed by atoms with Crippen LogP contribution < -0.4 is 15.5 Å². The van der Waals surface area contributed by atoms with E-state index in [1.807, 2.05) is 24.3 Å². The standard InChI is InChI=1S/C27H40N4O4S/c1-4-30(5-2)19-12-10-18(11-13-19)29-25(34)23-27-15-14-20(36-27)21(24(33)28-3)22(27)26(35)31(23)16-8-6-7-9-17-32/h10-13,20-23,32H,4-9,14-17H2,1-3H3,(H,28,33)(H,29,34)/t20-,21+,22-,23?,27?/m0/s1. The normalized spacial score (nSPS) is 28.3. The van der Waals surface area contributed by atoms with Gasteiger partial charge in [0.15, 0.2) is 0 Å². The Kier molecular flexibility index (Phi) is 8.50. The van der Waals surface area contributed by atoms with Gasteiger partial charge in [-0.15, -0.1) is 11.8 Å². The van der Waals surface area contributed by atoms with Crippen molar-refractivity contribution in [3.8, 4) is 0 Å². The zero-order valence-corrected chi connectivity index (χ0v) is 22.5. The van der Waals surface area contributed by atoms with Crippen LogP contribution in [0.1, 0.15) is 52.4 Å². The highest BCUT2D eigenvalue weighted by Crippen LogP contribution is 2.66. The van der Waals surface area contributed by atoms with Gasteiger partial charge in [-0.25, -0.2) is 0 Å². The summed E-state index contributed by atoms with van der Waals surface area (Å²) < 4.78 is -0.560. The van der Waals surface area contributed by atoms with E-state index >= 15 is 0 Å². The number of unbranched alkanes of at least 4 members (excludes halogenated alkanes) is 3. The second-order valence-corrected chi connectivity index (χ2v) is 11.6. The van der Waals surface area contributed by atoms with Crippen molar-refractivity contribution in [1.29, 1.82) is 0 Å². The fourth-order valence-electron chi connectivity index (χ4n) is 6.46. The Morgan fingerprint density at radius 2 is 1.81 bits per heavy atom. The molecule has 198 valence electrons. The van der Waals surface area contributed by atoms with Gasteiger partial charge in [0.1, 0.15) is 6.04 Å². The van der Waals surface area contributed by atoms with Crippen LogP contribution in [0.2, 0.25) is 0 Å². The molecule has 36 heavy (non-hydrogen) atoms. The molecule has 0 saturated carbocycles. The quantitative estimate of drug-likeness (QED) is 0.369. The molecule has 8 nitrogen and oxygen atoms in total. The molecule has 2 bridgehead atoms. The Labute approximate surface area is 218 Å². The number of nitrogens with one attached hydrogen (secondary N) is 2. The maximum Gasteiger partial charge on any atom is 0.248 e. The molecule has 0 aliphatic carbocycles. The fourth-order valence-corrected chi connectivity index (χ4v) is 8.68. The first-order valence-corrected chi connectivity index (χ1v) is 14.3. The highest BCUT2D eigenvalue weighted by molar-refractivity contribution is 8.02. The average molecular weight is 517 g/mol. The van der Waals surface area contributed by atoms with Gasteiger partial charge >= 0.3 is 0 Å². The molecule has 1 aromatic rings. The Bertz CT molecular complexity index is 954. The van der Waals surface area contributed by atoms with Gasteiger partial charge in [-0.1, -0.05) is 12.8 Å². The van der Waals surface area contributed by atoms with Crippen LogP contribution >= 0.6 is 11.8 Å². The molecule has 5 atom stereocenters. The third kappa shape index (κ3) is 4.72. The van der Waals surface area contributed by atoms with E-state index in [4.69, 9.17) is 5.11 Å². The number of benzene rings is 1. The molecule has 2 unspecified atom stereocenters. The summed E-state index contributed by atoms with van der Waals surface area (Å²) in [4.78, 5) is 44.4. The first-order chi connectivity index (χ1) is 17.4. The van der Waals surface area contributed by atoms with Crippen LogP contribution in [0.5, 0.6) is 0 Å². The van der Waals surface area contributed by atoms with Gasteiger partial charge in [0.2, 0.25) is 17.7 Å². The Balaban J connectivity index is 1.57. The van der Waals surface area contributed by atoms with Gasteiger partial charge in [0.05, 0.1) is 16.6 Å². The number of amides is 3. The number of fused-ring (bicyclic) bond motifs is 1. The van der Waals surface area contributed by atoms with Crippen molar-refractivity contribution in [2.24, 2.45) is 11.8 Å². The Morgan fingerprint density at radius 3 is 2.44 bits per heavy atom. The van der Waals surface area contributed by atoms with Crippen molar-refractivity contribution in [2.75, 3.05) is 43.5 Å². The number of aliphatic hydroxyl groups excluding tert-OH is 1. The molecule has 1 spiro atoms. The summed E-state index contributed by atoms with van der Waals surface area (Å²) in [6.45, 7) is 6.71. The summed E-state index contributed by atoms with van der Waals surface area (Å²) in [5, 5.41) is 15.0. The number of carbonyl (C=O) groups excluding carboxylic acids is 3. The van der Waals surface area contributed by atoms with Crippen molar-refractivity contribution < 1.29 is 19.5 Å². The van der Waals surface area contributed by atoms with Crippen molar-refractivity contribution in [2.45, 2.75) is 68.4 Å². The van der Waals surface area contributed by atoms with Crippen molar-refractivity contribution in [1.82, 2.24) is 10.2 Å². The minimum absolute atomic E-state index is 0.0579. The molecular formula is C27H40N4O4S. The zero-order chi connectivity index (χ0) is 25.9. The largest absolute Gasteiger partial charge is 0.396 e. The molecule has 4 rings (SSSR count). The molecule has 3 N–H and O–H groups in total. The van der Waals surface area contributed by atoms with E-state index in [9.17, 15) is 14.4 Å². The lowest BCUT2D eigenvalue weighted by Gasteiger charge is -2.34. The van der Waals surface area contributed by atoms with Crippen LogP contribution in [-0.4, -0.2) is 77.1 Å².